The normalized spacial score (nSPS) is 14.8. The molecule has 3 heteroatoms. The van der Waals surface area contributed by atoms with Gasteiger partial charge in [-0.1, -0.05) is 0 Å². The third-order valence-corrected chi connectivity index (χ3v) is 3.05. The van der Waals surface area contributed by atoms with Gasteiger partial charge < -0.3 is 9.72 Å². The van der Waals surface area contributed by atoms with Crippen molar-refractivity contribution in [1.29, 1.82) is 0 Å². The fourth-order valence-electron chi connectivity index (χ4n) is 2.26. The summed E-state index contributed by atoms with van der Waals surface area (Å²) < 4.78 is 5.02. The van der Waals surface area contributed by atoms with Crippen LogP contribution >= 0.6 is 0 Å². The molecule has 0 radical (unpaired) electrons. The minimum atomic E-state index is -0.218. The number of hydrogen-bond donors (Lipinski definition) is 1. The standard InChI is InChI=1S/C12H17NO2/c1-3-15-12(14)11-8(2)9-6-4-5-7-10(9)13-11/h13H,3-7H2,1-2H3. The average molecular weight is 207 g/mol. The van der Waals surface area contributed by atoms with Crippen LogP contribution in [0.5, 0.6) is 0 Å². The first-order chi connectivity index (χ1) is 7.24. The molecule has 0 unspecified atom stereocenters. The predicted molar refractivity (Wildman–Crippen MR) is 58.1 cm³/mol. The molecule has 0 bridgehead atoms. The maximum atomic E-state index is 11.6. The van der Waals surface area contributed by atoms with Gasteiger partial charge in [0.15, 0.2) is 0 Å². The van der Waals surface area contributed by atoms with Gasteiger partial charge in [-0.05, 0) is 50.7 Å². The summed E-state index contributed by atoms with van der Waals surface area (Å²) >= 11 is 0. The molecule has 1 aliphatic rings. The maximum absolute atomic E-state index is 11.6. The second kappa shape index (κ2) is 4.09. The molecule has 15 heavy (non-hydrogen) atoms. The van der Waals surface area contributed by atoms with E-state index in [0.29, 0.717) is 12.3 Å². The van der Waals surface area contributed by atoms with Gasteiger partial charge in [-0.25, -0.2) is 4.79 Å². The van der Waals surface area contributed by atoms with Crippen molar-refractivity contribution in [2.24, 2.45) is 0 Å². The molecule has 0 fully saturated rings. The Hall–Kier alpha value is -1.25. The van der Waals surface area contributed by atoms with Gasteiger partial charge in [-0.3, -0.25) is 0 Å². The number of rotatable bonds is 2. The Bertz CT molecular complexity index is 379. The molecule has 1 aromatic heterocycles. The van der Waals surface area contributed by atoms with Gasteiger partial charge in [0.2, 0.25) is 0 Å². The summed E-state index contributed by atoms with van der Waals surface area (Å²) in [6, 6.07) is 0. The van der Waals surface area contributed by atoms with Crippen LogP contribution in [-0.2, 0) is 17.6 Å². The first-order valence-electron chi connectivity index (χ1n) is 5.61. The number of aromatic nitrogens is 1. The van der Waals surface area contributed by atoms with E-state index in [2.05, 4.69) is 4.98 Å². The number of hydrogen-bond acceptors (Lipinski definition) is 2. The predicted octanol–water partition coefficient (Wildman–Crippen LogP) is 2.38. The number of esters is 1. The number of H-pyrrole nitrogens is 1. The Labute approximate surface area is 89.8 Å². The molecule has 0 aliphatic heterocycles. The van der Waals surface area contributed by atoms with Crippen LogP contribution in [0.4, 0.5) is 0 Å². The lowest BCUT2D eigenvalue weighted by Gasteiger charge is -2.10. The number of aromatic amines is 1. The highest BCUT2D eigenvalue weighted by Crippen LogP contribution is 2.26. The van der Waals surface area contributed by atoms with Crippen LogP contribution in [0.15, 0.2) is 0 Å². The van der Waals surface area contributed by atoms with E-state index in [0.717, 1.165) is 18.4 Å². The third kappa shape index (κ3) is 1.78. The highest BCUT2D eigenvalue weighted by molar-refractivity contribution is 5.89. The smallest absolute Gasteiger partial charge is 0.355 e. The van der Waals surface area contributed by atoms with Gasteiger partial charge in [-0.15, -0.1) is 0 Å². The molecule has 1 N–H and O–H groups in total. The van der Waals surface area contributed by atoms with Gasteiger partial charge in [0.25, 0.3) is 0 Å². The van der Waals surface area contributed by atoms with Crippen LogP contribution in [0.3, 0.4) is 0 Å². The summed E-state index contributed by atoms with van der Waals surface area (Å²) in [6.45, 7) is 4.27. The van der Waals surface area contributed by atoms with E-state index in [4.69, 9.17) is 4.74 Å². The van der Waals surface area contributed by atoms with Crippen molar-refractivity contribution < 1.29 is 9.53 Å². The van der Waals surface area contributed by atoms with Gasteiger partial charge in [-0.2, -0.15) is 0 Å². The van der Waals surface area contributed by atoms with Gasteiger partial charge in [0, 0.05) is 5.69 Å². The monoisotopic (exact) mass is 207 g/mol. The topological polar surface area (TPSA) is 42.1 Å². The second-order valence-electron chi connectivity index (χ2n) is 4.01. The summed E-state index contributed by atoms with van der Waals surface area (Å²) in [6.07, 6.45) is 4.61. The highest BCUT2D eigenvalue weighted by atomic mass is 16.5. The maximum Gasteiger partial charge on any atom is 0.355 e. The molecule has 1 aliphatic carbocycles. The van der Waals surface area contributed by atoms with Gasteiger partial charge in [0.05, 0.1) is 6.61 Å². The number of ether oxygens (including phenoxy) is 1. The van der Waals surface area contributed by atoms with Crippen LogP contribution < -0.4 is 0 Å². The Morgan fingerprint density at radius 1 is 1.40 bits per heavy atom. The van der Waals surface area contributed by atoms with Crippen molar-refractivity contribution in [2.75, 3.05) is 6.61 Å². The van der Waals surface area contributed by atoms with Crippen molar-refractivity contribution in [1.82, 2.24) is 4.98 Å². The summed E-state index contributed by atoms with van der Waals surface area (Å²) in [7, 11) is 0. The zero-order valence-electron chi connectivity index (χ0n) is 9.35. The second-order valence-corrected chi connectivity index (χ2v) is 4.01. The van der Waals surface area contributed by atoms with Crippen molar-refractivity contribution in [3.8, 4) is 0 Å². The Balaban J connectivity index is 2.32. The third-order valence-electron chi connectivity index (χ3n) is 3.05. The molecule has 3 nitrogen and oxygen atoms in total. The molecule has 2 rings (SSSR count). The number of carbonyl (C=O) groups is 1. The zero-order valence-corrected chi connectivity index (χ0v) is 9.35. The summed E-state index contributed by atoms with van der Waals surface area (Å²) in [5, 5.41) is 0. The van der Waals surface area contributed by atoms with Crippen LogP contribution in [0.25, 0.3) is 0 Å². The Kier molecular flexibility index (Phi) is 2.80. The zero-order chi connectivity index (χ0) is 10.8. The molecule has 1 aromatic rings. The SMILES string of the molecule is CCOC(=O)c1[nH]c2c(c1C)CCCC2. The van der Waals surface area contributed by atoms with Crippen LogP contribution in [0, 0.1) is 6.92 Å². The number of fused-ring (bicyclic) bond motifs is 1. The fraction of sp³-hybridized carbons (Fsp3) is 0.583. The molecule has 0 spiro atoms. The number of carbonyl (C=O) groups excluding carboxylic acids is 1. The molecule has 1 heterocycles. The van der Waals surface area contributed by atoms with E-state index in [-0.39, 0.29) is 5.97 Å². The summed E-state index contributed by atoms with van der Waals surface area (Å²) in [5.41, 5.74) is 4.32. The van der Waals surface area contributed by atoms with E-state index >= 15 is 0 Å². The van der Waals surface area contributed by atoms with Crippen LogP contribution in [0.1, 0.15) is 47.1 Å². The molecule has 0 aromatic carbocycles. The number of nitrogens with one attached hydrogen (secondary N) is 1. The van der Waals surface area contributed by atoms with Gasteiger partial charge >= 0.3 is 5.97 Å². The van der Waals surface area contributed by atoms with E-state index < -0.39 is 0 Å². The molecular formula is C12H17NO2. The molecular weight excluding hydrogens is 190 g/mol. The minimum absolute atomic E-state index is 0.218. The van der Waals surface area contributed by atoms with Crippen molar-refractivity contribution in [3.05, 3.63) is 22.5 Å². The molecule has 0 saturated heterocycles. The lowest BCUT2D eigenvalue weighted by Crippen LogP contribution is -2.06. The number of aryl methyl sites for hydroxylation is 1. The van der Waals surface area contributed by atoms with Crippen molar-refractivity contribution >= 4 is 5.97 Å². The Morgan fingerprint density at radius 2 is 2.13 bits per heavy atom. The van der Waals surface area contributed by atoms with E-state index in [9.17, 15) is 4.79 Å². The van der Waals surface area contributed by atoms with Gasteiger partial charge in [0.1, 0.15) is 5.69 Å². The minimum Gasteiger partial charge on any atom is -0.461 e. The quantitative estimate of drug-likeness (QED) is 0.756. The van der Waals surface area contributed by atoms with E-state index in [1.807, 2.05) is 13.8 Å². The highest BCUT2D eigenvalue weighted by Gasteiger charge is 2.21. The first-order valence-corrected chi connectivity index (χ1v) is 5.61. The van der Waals surface area contributed by atoms with Crippen molar-refractivity contribution in [2.45, 2.75) is 39.5 Å². The molecule has 82 valence electrons. The van der Waals surface area contributed by atoms with Crippen LogP contribution in [-0.4, -0.2) is 17.6 Å². The molecule has 0 amide bonds. The van der Waals surface area contributed by atoms with Crippen molar-refractivity contribution in [3.63, 3.8) is 0 Å². The largest absolute Gasteiger partial charge is 0.461 e. The average Bonchev–Trinajstić information content (AvgIpc) is 2.57. The van der Waals surface area contributed by atoms with E-state index in [1.165, 1.54) is 24.1 Å². The fourth-order valence-corrected chi connectivity index (χ4v) is 2.26. The summed E-state index contributed by atoms with van der Waals surface area (Å²) in [4.78, 5) is 14.8. The Morgan fingerprint density at radius 3 is 2.80 bits per heavy atom. The lowest BCUT2D eigenvalue weighted by atomic mass is 9.95. The molecule has 0 saturated carbocycles. The van der Waals surface area contributed by atoms with E-state index in [1.54, 1.807) is 0 Å². The lowest BCUT2D eigenvalue weighted by molar-refractivity contribution is 0.0519. The molecule has 0 atom stereocenters. The summed E-state index contributed by atoms with van der Waals surface area (Å²) in [5.74, 6) is -0.218. The first kappa shape index (κ1) is 10.3. The van der Waals surface area contributed by atoms with Crippen LogP contribution in [0.2, 0.25) is 0 Å².